The summed E-state index contributed by atoms with van der Waals surface area (Å²) in [6, 6.07) is 17.0. The summed E-state index contributed by atoms with van der Waals surface area (Å²) in [5.74, 6) is 0.692. The molecule has 0 atom stereocenters. The van der Waals surface area contributed by atoms with Gasteiger partial charge in [0.05, 0.1) is 5.75 Å². The molecule has 0 aliphatic carbocycles. The molecule has 2 aromatic rings. The van der Waals surface area contributed by atoms with Crippen molar-refractivity contribution in [3.8, 4) is 5.75 Å². The van der Waals surface area contributed by atoms with Gasteiger partial charge in [-0.25, -0.2) is 0 Å². The van der Waals surface area contributed by atoms with E-state index in [1.165, 1.54) is 17.3 Å². The van der Waals surface area contributed by atoms with E-state index in [4.69, 9.17) is 5.73 Å². The van der Waals surface area contributed by atoms with Gasteiger partial charge in [0.2, 0.25) is 5.91 Å². The number of thioether (sulfide) groups is 1. The van der Waals surface area contributed by atoms with E-state index in [1.807, 2.05) is 35.2 Å². The van der Waals surface area contributed by atoms with Crippen LogP contribution in [0, 0.1) is 0 Å². The first-order valence-corrected chi connectivity index (χ1v) is 8.61. The van der Waals surface area contributed by atoms with Crippen LogP contribution in [-0.2, 0) is 11.2 Å². The number of rotatable bonds is 8. The molecule has 0 aliphatic heterocycles. The standard InChI is InChI=1S/C18H22N2O2S/c19-11-13-20(12-10-15-4-2-1-3-5-15)18(22)14-23-17-8-6-16(21)7-9-17/h1-9,21H,10-14,19H2. The van der Waals surface area contributed by atoms with Crippen LogP contribution >= 0.6 is 11.8 Å². The molecule has 0 saturated carbocycles. The highest BCUT2D eigenvalue weighted by molar-refractivity contribution is 8.00. The SMILES string of the molecule is NCCN(CCc1ccccc1)C(=O)CSc1ccc(O)cc1. The molecule has 4 nitrogen and oxygen atoms in total. The first-order valence-electron chi connectivity index (χ1n) is 7.62. The molecule has 0 spiro atoms. The Morgan fingerprint density at radius 2 is 1.74 bits per heavy atom. The molecule has 0 aliphatic rings. The molecule has 1 amide bonds. The minimum Gasteiger partial charge on any atom is -0.508 e. The lowest BCUT2D eigenvalue weighted by Crippen LogP contribution is -2.38. The molecule has 0 fully saturated rings. The Morgan fingerprint density at radius 1 is 1.04 bits per heavy atom. The number of phenols is 1. The summed E-state index contributed by atoms with van der Waals surface area (Å²) < 4.78 is 0. The van der Waals surface area contributed by atoms with Gasteiger partial charge in [-0.2, -0.15) is 0 Å². The zero-order valence-electron chi connectivity index (χ0n) is 13.0. The minimum atomic E-state index is 0.0875. The van der Waals surface area contributed by atoms with E-state index in [2.05, 4.69) is 12.1 Å². The van der Waals surface area contributed by atoms with E-state index < -0.39 is 0 Å². The van der Waals surface area contributed by atoms with Crippen molar-refractivity contribution in [3.05, 3.63) is 60.2 Å². The predicted molar refractivity (Wildman–Crippen MR) is 94.6 cm³/mol. The zero-order chi connectivity index (χ0) is 16.5. The van der Waals surface area contributed by atoms with Gasteiger partial charge in [0.25, 0.3) is 0 Å². The molecule has 5 heteroatoms. The molecule has 2 rings (SSSR count). The second kappa shape index (κ2) is 9.22. The number of amides is 1. The largest absolute Gasteiger partial charge is 0.508 e. The van der Waals surface area contributed by atoms with Crippen molar-refractivity contribution >= 4 is 17.7 Å². The van der Waals surface area contributed by atoms with Gasteiger partial charge in [0.1, 0.15) is 5.75 Å². The molecule has 3 N–H and O–H groups in total. The van der Waals surface area contributed by atoms with E-state index in [0.717, 1.165) is 11.3 Å². The van der Waals surface area contributed by atoms with Gasteiger partial charge in [-0.3, -0.25) is 4.79 Å². The van der Waals surface area contributed by atoms with Crippen LogP contribution in [0.2, 0.25) is 0 Å². The first kappa shape index (κ1) is 17.4. The molecule has 0 aromatic heterocycles. The van der Waals surface area contributed by atoms with Crippen molar-refractivity contribution in [2.75, 3.05) is 25.4 Å². The maximum absolute atomic E-state index is 12.4. The van der Waals surface area contributed by atoms with Gasteiger partial charge in [0.15, 0.2) is 0 Å². The Hall–Kier alpha value is -1.98. The lowest BCUT2D eigenvalue weighted by atomic mass is 10.1. The number of carbonyl (C=O) groups is 1. The third kappa shape index (κ3) is 5.96. The maximum Gasteiger partial charge on any atom is 0.232 e. The van der Waals surface area contributed by atoms with E-state index in [-0.39, 0.29) is 11.7 Å². The molecule has 122 valence electrons. The monoisotopic (exact) mass is 330 g/mol. The zero-order valence-corrected chi connectivity index (χ0v) is 13.8. The van der Waals surface area contributed by atoms with Crippen molar-refractivity contribution in [1.29, 1.82) is 0 Å². The van der Waals surface area contributed by atoms with Crippen LogP contribution in [0.3, 0.4) is 0 Å². The number of hydrogen-bond acceptors (Lipinski definition) is 4. The second-order valence-electron chi connectivity index (χ2n) is 5.19. The Bertz CT molecular complexity index is 602. The Balaban J connectivity index is 1.86. The fourth-order valence-corrected chi connectivity index (χ4v) is 3.01. The molecule has 2 aromatic carbocycles. The van der Waals surface area contributed by atoms with Gasteiger partial charge < -0.3 is 15.7 Å². The Morgan fingerprint density at radius 3 is 2.39 bits per heavy atom. The lowest BCUT2D eigenvalue weighted by Gasteiger charge is -2.22. The van der Waals surface area contributed by atoms with Gasteiger partial charge in [0, 0.05) is 24.5 Å². The number of carbonyl (C=O) groups excluding carboxylic acids is 1. The summed E-state index contributed by atoms with van der Waals surface area (Å²) in [7, 11) is 0. The van der Waals surface area contributed by atoms with Crippen LogP contribution in [0.4, 0.5) is 0 Å². The summed E-state index contributed by atoms with van der Waals surface area (Å²) in [6.07, 6.45) is 0.830. The van der Waals surface area contributed by atoms with E-state index in [0.29, 0.717) is 25.4 Å². The maximum atomic E-state index is 12.4. The van der Waals surface area contributed by atoms with Crippen LogP contribution in [0.25, 0.3) is 0 Å². The lowest BCUT2D eigenvalue weighted by molar-refractivity contribution is -0.128. The van der Waals surface area contributed by atoms with Crippen LogP contribution in [0.5, 0.6) is 5.75 Å². The number of hydrogen-bond donors (Lipinski definition) is 2. The summed E-state index contributed by atoms with van der Waals surface area (Å²) in [5.41, 5.74) is 6.85. The number of phenolic OH excluding ortho intramolecular Hbond substituents is 1. The van der Waals surface area contributed by atoms with Crippen LogP contribution in [0.15, 0.2) is 59.5 Å². The number of benzene rings is 2. The van der Waals surface area contributed by atoms with E-state index >= 15 is 0 Å². The average Bonchev–Trinajstić information content (AvgIpc) is 2.58. The third-order valence-electron chi connectivity index (χ3n) is 3.46. The van der Waals surface area contributed by atoms with Crippen molar-refractivity contribution in [3.63, 3.8) is 0 Å². The van der Waals surface area contributed by atoms with Gasteiger partial charge in [-0.15, -0.1) is 11.8 Å². The fraction of sp³-hybridized carbons (Fsp3) is 0.278. The van der Waals surface area contributed by atoms with Gasteiger partial charge in [-0.05, 0) is 36.2 Å². The highest BCUT2D eigenvalue weighted by Gasteiger charge is 2.13. The van der Waals surface area contributed by atoms with E-state index in [9.17, 15) is 9.90 Å². The highest BCUT2D eigenvalue weighted by Crippen LogP contribution is 2.21. The number of aromatic hydroxyl groups is 1. The second-order valence-corrected chi connectivity index (χ2v) is 6.24. The Kier molecular flexibility index (Phi) is 6.97. The summed E-state index contributed by atoms with van der Waals surface area (Å²) >= 11 is 1.47. The van der Waals surface area contributed by atoms with Crippen molar-refractivity contribution < 1.29 is 9.90 Å². The molecule has 23 heavy (non-hydrogen) atoms. The van der Waals surface area contributed by atoms with Crippen molar-refractivity contribution in [2.24, 2.45) is 5.73 Å². The first-order chi connectivity index (χ1) is 11.2. The molecule has 0 heterocycles. The fourth-order valence-electron chi connectivity index (χ4n) is 2.20. The quantitative estimate of drug-likeness (QED) is 0.730. The molecule has 0 saturated heterocycles. The molecule has 0 bridgehead atoms. The normalized spacial score (nSPS) is 10.5. The minimum absolute atomic E-state index is 0.0875. The average molecular weight is 330 g/mol. The van der Waals surface area contributed by atoms with Crippen LogP contribution in [0.1, 0.15) is 5.56 Å². The smallest absolute Gasteiger partial charge is 0.232 e. The van der Waals surface area contributed by atoms with Gasteiger partial charge >= 0.3 is 0 Å². The number of nitrogens with two attached hydrogens (primary N) is 1. The topological polar surface area (TPSA) is 66.6 Å². The van der Waals surface area contributed by atoms with E-state index in [1.54, 1.807) is 12.1 Å². The van der Waals surface area contributed by atoms with Gasteiger partial charge in [-0.1, -0.05) is 30.3 Å². The molecule has 0 unspecified atom stereocenters. The van der Waals surface area contributed by atoms with Crippen molar-refractivity contribution in [2.45, 2.75) is 11.3 Å². The highest BCUT2D eigenvalue weighted by atomic mass is 32.2. The molecular formula is C18H22N2O2S. The third-order valence-corrected chi connectivity index (χ3v) is 4.46. The summed E-state index contributed by atoms with van der Waals surface area (Å²) in [5, 5.41) is 9.27. The predicted octanol–water partition coefficient (Wildman–Crippen LogP) is 2.51. The molecule has 0 radical (unpaired) electrons. The summed E-state index contributed by atoms with van der Waals surface area (Å²) in [4.78, 5) is 15.2. The Labute approximate surface area is 141 Å². The van der Waals surface area contributed by atoms with Crippen LogP contribution < -0.4 is 5.73 Å². The summed E-state index contributed by atoms with van der Waals surface area (Å²) in [6.45, 7) is 1.71. The molecular weight excluding hydrogens is 308 g/mol. The van der Waals surface area contributed by atoms with Crippen molar-refractivity contribution in [1.82, 2.24) is 4.90 Å². The number of nitrogens with zero attached hydrogens (tertiary/aromatic N) is 1. The van der Waals surface area contributed by atoms with Crippen LogP contribution in [-0.4, -0.2) is 41.3 Å².